The van der Waals surface area contributed by atoms with Crippen LogP contribution in [0.15, 0.2) is 6.20 Å². The largest absolute Gasteiger partial charge is 0.396 e. The van der Waals surface area contributed by atoms with Crippen LogP contribution in [0, 0.1) is 5.41 Å². The van der Waals surface area contributed by atoms with E-state index in [1.165, 1.54) is 10.9 Å². The number of anilines is 1. The molecule has 0 bridgehead atoms. The van der Waals surface area contributed by atoms with Gasteiger partial charge in [-0.05, 0) is 25.7 Å². The highest BCUT2D eigenvalue weighted by atomic mass is 16.2. The Morgan fingerprint density at radius 2 is 1.94 bits per heavy atom. The van der Waals surface area contributed by atoms with Crippen molar-refractivity contribution in [1.29, 1.82) is 0 Å². The molecule has 5 nitrogen and oxygen atoms in total. The van der Waals surface area contributed by atoms with Crippen LogP contribution in [0.5, 0.6) is 0 Å². The van der Waals surface area contributed by atoms with Crippen LogP contribution in [0.3, 0.4) is 0 Å². The zero-order chi connectivity index (χ0) is 14.1. The SMILES string of the molecule is Cn1ncc(N)c1C(=O)NC(C)(C)CC(C)(C)C. The van der Waals surface area contributed by atoms with Crippen LogP contribution in [-0.2, 0) is 7.05 Å². The fourth-order valence-corrected chi connectivity index (χ4v) is 2.47. The molecule has 0 fully saturated rings. The first-order valence-corrected chi connectivity index (χ1v) is 6.12. The molecule has 5 heteroatoms. The van der Waals surface area contributed by atoms with Crippen molar-refractivity contribution in [3.05, 3.63) is 11.9 Å². The van der Waals surface area contributed by atoms with E-state index in [0.29, 0.717) is 11.4 Å². The zero-order valence-corrected chi connectivity index (χ0v) is 12.2. The van der Waals surface area contributed by atoms with Gasteiger partial charge in [-0.3, -0.25) is 9.48 Å². The highest BCUT2D eigenvalue weighted by molar-refractivity contribution is 5.97. The van der Waals surface area contributed by atoms with Crippen molar-refractivity contribution in [1.82, 2.24) is 15.1 Å². The second-order valence-corrected chi connectivity index (χ2v) is 6.65. The highest BCUT2D eigenvalue weighted by Gasteiger charge is 2.28. The number of rotatable bonds is 3. The van der Waals surface area contributed by atoms with Crippen molar-refractivity contribution in [2.75, 3.05) is 5.73 Å². The molecule has 0 radical (unpaired) electrons. The molecule has 18 heavy (non-hydrogen) atoms. The van der Waals surface area contributed by atoms with Crippen molar-refractivity contribution in [3.63, 3.8) is 0 Å². The van der Waals surface area contributed by atoms with Crippen LogP contribution in [0.4, 0.5) is 5.69 Å². The molecule has 0 spiro atoms. The number of aryl methyl sites for hydroxylation is 1. The number of carbonyl (C=O) groups excluding carboxylic acids is 1. The van der Waals surface area contributed by atoms with Gasteiger partial charge in [-0.25, -0.2) is 0 Å². The quantitative estimate of drug-likeness (QED) is 0.863. The Bertz CT molecular complexity index is 421. The Labute approximate surface area is 109 Å². The molecule has 1 amide bonds. The number of aromatic nitrogens is 2. The number of carbonyl (C=O) groups is 1. The second kappa shape index (κ2) is 4.63. The van der Waals surface area contributed by atoms with Crippen molar-refractivity contribution >= 4 is 11.6 Å². The number of hydrogen-bond acceptors (Lipinski definition) is 3. The monoisotopic (exact) mass is 252 g/mol. The summed E-state index contributed by atoms with van der Waals surface area (Å²) in [6, 6.07) is 0. The normalized spacial score (nSPS) is 12.6. The standard InChI is InChI=1S/C13H24N4O/c1-12(2,3)8-13(4,5)16-11(18)10-9(14)7-15-17(10)6/h7H,8,14H2,1-6H3,(H,16,18). The molecule has 1 aromatic heterocycles. The first kappa shape index (κ1) is 14.5. The van der Waals surface area contributed by atoms with E-state index >= 15 is 0 Å². The number of nitrogens with one attached hydrogen (secondary N) is 1. The minimum absolute atomic E-state index is 0.148. The maximum Gasteiger partial charge on any atom is 0.272 e. The summed E-state index contributed by atoms with van der Waals surface area (Å²) in [6.07, 6.45) is 2.37. The number of amides is 1. The van der Waals surface area contributed by atoms with Gasteiger partial charge in [-0.1, -0.05) is 20.8 Å². The third-order valence-electron chi connectivity index (χ3n) is 2.61. The lowest BCUT2D eigenvalue weighted by atomic mass is 9.82. The predicted octanol–water partition coefficient (Wildman–Crippen LogP) is 1.95. The number of nitrogens with zero attached hydrogens (tertiary/aromatic N) is 2. The van der Waals surface area contributed by atoms with E-state index in [9.17, 15) is 4.79 Å². The van der Waals surface area contributed by atoms with Gasteiger partial charge in [0, 0.05) is 12.6 Å². The molecule has 0 aliphatic carbocycles. The van der Waals surface area contributed by atoms with E-state index in [-0.39, 0.29) is 16.9 Å². The molecule has 3 N–H and O–H groups in total. The Morgan fingerprint density at radius 1 is 1.39 bits per heavy atom. The molecular weight excluding hydrogens is 228 g/mol. The summed E-state index contributed by atoms with van der Waals surface area (Å²) in [6.45, 7) is 10.5. The van der Waals surface area contributed by atoms with Crippen LogP contribution in [0.25, 0.3) is 0 Å². The molecule has 0 aromatic carbocycles. The molecule has 0 aliphatic rings. The molecule has 1 heterocycles. The Kier molecular flexibility index (Phi) is 3.74. The van der Waals surface area contributed by atoms with Crippen molar-refractivity contribution < 1.29 is 4.79 Å². The first-order chi connectivity index (χ1) is 8.02. The maximum absolute atomic E-state index is 12.2. The third-order valence-corrected chi connectivity index (χ3v) is 2.61. The van der Waals surface area contributed by atoms with Gasteiger partial charge in [0.25, 0.3) is 5.91 Å². The number of hydrogen-bond donors (Lipinski definition) is 2. The van der Waals surface area contributed by atoms with Gasteiger partial charge in [0.05, 0.1) is 11.9 Å². The topological polar surface area (TPSA) is 72.9 Å². The van der Waals surface area contributed by atoms with E-state index in [1.807, 2.05) is 13.8 Å². The summed E-state index contributed by atoms with van der Waals surface area (Å²) < 4.78 is 1.50. The molecule has 0 saturated carbocycles. The highest BCUT2D eigenvalue weighted by Crippen LogP contribution is 2.27. The number of nitrogen functional groups attached to an aromatic ring is 1. The Balaban J connectivity index is 2.82. The molecule has 0 aliphatic heterocycles. The molecule has 102 valence electrons. The Hall–Kier alpha value is -1.52. The first-order valence-electron chi connectivity index (χ1n) is 6.12. The van der Waals surface area contributed by atoms with Crippen LogP contribution in [0.1, 0.15) is 51.5 Å². The van der Waals surface area contributed by atoms with Gasteiger partial charge in [0.1, 0.15) is 5.69 Å². The zero-order valence-electron chi connectivity index (χ0n) is 12.2. The summed E-state index contributed by atoms with van der Waals surface area (Å²) in [5, 5.41) is 6.99. The average molecular weight is 252 g/mol. The lowest BCUT2D eigenvalue weighted by Crippen LogP contribution is -2.46. The van der Waals surface area contributed by atoms with E-state index < -0.39 is 0 Å². The lowest BCUT2D eigenvalue weighted by Gasteiger charge is -2.33. The molecule has 1 aromatic rings. The van der Waals surface area contributed by atoms with Crippen LogP contribution >= 0.6 is 0 Å². The van der Waals surface area contributed by atoms with E-state index in [4.69, 9.17) is 5.73 Å². The third kappa shape index (κ3) is 3.75. The fourth-order valence-electron chi connectivity index (χ4n) is 2.47. The summed E-state index contributed by atoms with van der Waals surface area (Å²) in [7, 11) is 1.71. The van der Waals surface area contributed by atoms with Gasteiger partial charge in [0.15, 0.2) is 0 Å². The summed E-state index contributed by atoms with van der Waals surface area (Å²) >= 11 is 0. The minimum atomic E-state index is -0.286. The molecule has 0 atom stereocenters. The molecular formula is C13H24N4O. The van der Waals surface area contributed by atoms with E-state index in [1.54, 1.807) is 7.05 Å². The summed E-state index contributed by atoms with van der Waals surface area (Å²) in [5.41, 5.74) is 6.42. The van der Waals surface area contributed by atoms with Crippen LogP contribution in [0.2, 0.25) is 0 Å². The van der Waals surface area contributed by atoms with Gasteiger partial charge in [-0.15, -0.1) is 0 Å². The van der Waals surface area contributed by atoms with Gasteiger partial charge in [-0.2, -0.15) is 5.10 Å². The van der Waals surface area contributed by atoms with E-state index in [0.717, 1.165) is 6.42 Å². The smallest absolute Gasteiger partial charge is 0.272 e. The fraction of sp³-hybridized carbons (Fsp3) is 0.692. The van der Waals surface area contributed by atoms with Crippen LogP contribution < -0.4 is 11.1 Å². The molecule has 0 saturated heterocycles. The van der Waals surface area contributed by atoms with Gasteiger partial charge >= 0.3 is 0 Å². The summed E-state index contributed by atoms with van der Waals surface area (Å²) in [4.78, 5) is 12.2. The Morgan fingerprint density at radius 3 is 2.33 bits per heavy atom. The molecule has 1 rings (SSSR count). The van der Waals surface area contributed by atoms with Crippen molar-refractivity contribution in [2.45, 2.75) is 46.6 Å². The molecule has 0 unspecified atom stereocenters. The number of nitrogens with two attached hydrogens (primary N) is 1. The predicted molar refractivity (Wildman–Crippen MR) is 73.2 cm³/mol. The van der Waals surface area contributed by atoms with Crippen LogP contribution in [-0.4, -0.2) is 21.2 Å². The second-order valence-electron chi connectivity index (χ2n) is 6.65. The maximum atomic E-state index is 12.2. The summed E-state index contributed by atoms with van der Waals surface area (Å²) in [5.74, 6) is -0.179. The van der Waals surface area contributed by atoms with Gasteiger partial charge < -0.3 is 11.1 Å². The van der Waals surface area contributed by atoms with E-state index in [2.05, 4.69) is 31.2 Å². The average Bonchev–Trinajstić information content (AvgIpc) is 2.40. The minimum Gasteiger partial charge on any atom is -0.396 e. The van der Waals surface area contributed by atoms with Crippen molar-refractivity contribution in [2.24, 2.45) is 12.5 Å². The van der Waals surface area contributed by atoms with Gasteiger partial charge in [0.2, 0.25) is 0 Å². The van der Waals surface area contributed by atoms with Crippen molar-refractivity contribution in [3.8, 4) is 0 Å². The lowest BCUT2D eigenvalue weighted by molar-refractivity contribution is 0.0882.